The van der Waals surface area contributed by atoms with Gasteiger partial charge in [0, 0.05) is 44.7 Å². The van der Waals surface area contributed by atoms with Crippen LogP contribution >= 0.6 is 12.2 Å². The Morgan fingerprint density at radius 3 is 2.29 bits per heavy atom. The van der Waals surface area contributed by atoms with E-state index in [0.29, 0.717) is 49.7 Å². The maximum Gasteiger partial charge on any atom is 0.410 e. The highest BCUT2D eigenvalue weighted by Crippen LogP contribution is 2.21. The molecule has 1 fully saturated rings. The second-order valence-corrected chi connectivity index (χ2v) is 8.72. The Hall–Kier alpha value is -2.88. The van der Waals surface area contributed by atoms with Crippen LogP contribution in [-0.4, -0.2) is 75.5 Å². The van der Waals surface area contributed by atoms with E-state index in [4.69, 9.17) is 21.7 Å². The summed E-state index contributed by atoms with van der Waals surface area (Å²) in [4.78, 5) is 28.3. The molecule has 1 aromatic heterocycles. The molecule has 0 saturated carbocycles. The third-order valence-electron chi connectivity index (χ3n) is 4.94. The van der Waals surface area contributed by atoms with Crippen molar-refractivity contribution in [3.63, 3.8) is 0 Å². The number of aromatic nitrogens is 3. The van der Waals surface area contributed by atoms with Gasteiger partial charge in [-0.15, -0.1) is 0 Å². The summed E-state index contributed by atoms with van der Waals surface area (Å²) in [5.74, 6) is 1.45. The summed E-state index contributed by atoms with van der Waals surface area (Å²) in [6.45, 7) is 7.83. The summed E-state index contributed by atoms with van der Waals surface area (Å²) in [5.41, 5.74) is 0.349. The van der Waals surface area contributed by atoms with Gasteiger partial charge in [-0.05, 0) is 57.3 Å². The van der Waals surface area contributed by atoms with Crippen LogP contribution in [0.25, 0.3) is 11.4 Å². The van der Waals surface area contributed by atoms with Crippen LogP contribution in [0.15, 0.2) is 24.3 Å². The molecular formula is C21H29N5O4S. The number of amides is 2. The van der Waals surface area contributed by atoms with Crippen molar-refractivity contribution in [2.45, 2.75) is 39.3 Å². The Morgan fingerprint density at radius 2 is 1.71 bits per heavy atom. The number of hydrogen-bond donors (Lipinski definition) is 1. The minimum atomic E-state index is -0.532. The second kappa shape index (κ2) is 9.51. The molecule has 3 rings (SSSR count). The molecule has 1 aromatic carbocycles. The van der Waals surface area contributed by atoms with Gasteiger partial charge in [0.25, 0.3) is 0 Å². The number of benzene rings is 1. The summed E-state index contributed by atoms with van der Waals surface area (Å²) >= 11 is 5.35. The quantitative estimate of drug-likeness (QED) is 0.708. The lowest BCUT2D eigenvalue weighted by atomic mass is 10.2. The van der Waals surface area contributed by atoms with Gasteiger partial charge in [0.05, 0.1) is 7.11 Å². The zero-order valence-corrected chi connectivity index (χ0v) is 19.2. The number of ether oxygens (including phenoxy) is 2. The van der Waals surface area contributed by atoms with Crippen LogP contribution < -0.4 is 4.74 Å². The monoisotopic (exact) mass is 447 g/mol. The SMILES string of the molecule is COc1ccc(-c2n[nH]c(=S)n2CCC(=O)N2CCN(C(=O)OC(C)(C)C)CC2)cc1. The van der Waals surface area contributed by atoms with Crippen LogP contribution in [0.5, 0.6) is 5.75 Å². The van der Waals surface area contributed by atoms with Crippen molar-refractivity contribution in [3.05, 3.63) is 29.0 Å². The highest BCUT2D eigenvalue weighted by Gasteiger charge is 2.27. The highest BCUT2D eigenvalue weighted by atomic mass is 32.1. The average molecular weight is 448 g/mol. The Morgan fingerprint density at radius 1 is 1.10 bits per heavy atom. The first-order chi connectivity index (χ1) is 14.7. The predicted molar refractivity (Wildman–Crippen MR) is 118 cm³/mol. The molecule has 31 heavy (non-hydrogen) atoms. The summed E-state index contributed by atoms with van der Waals surface area (Å²) in [6, 6.07) is 7.51. The molecule has 2 amide bonds. The fourth-order valence-corrected chi connectivity index (χ4v) is 3.54. The molecule has 0 atom stereocenters. The Kier molecular flexibility index (Phi) is 6.99. The number of H-pyrrole nitrogens is 1. The third-order valence-corrected chi connectivity index (χ3v) is 5.25. The lowest BCUT2D eigenvalue weighted by molar-refractivity contribution is -0.133. The van der Waals surface area contributed by atoms with Crippen molar-refractivity contribution < 1.29 is 19.1 Å². The van der Waals surface area contributed by atoms with E-state index >= 15 is 0 Å². The van der Waals surface area contributed by atoms with Gasteiger partial charge in [-0.1, -0.05) is 0 Å². The number of nitrogens with zero attached hydrogens (tertiary/aromatic N) is 4. The molecule has 0 spiro atoms. The number of methoxy groups -OCH3 is 1. The topological polar surface area (TPSA) is 92.7 Å². The number of hydrogen-bond acceptors (Lipinski definition) is 6. The van der Waals surface area contributed by atoms with E-state index in [1.807, 2.05) is 49.6 Å². The van der Waals surface area contributed by atoms with E-state index < -0.39 is 5.60 Å². The van der Waals surface area contributed by atoms with Crippen molar-refractivity contribution in [1.29, 1.82) is 0 Å². The van der Waals surface area contributed by atoms with Gasteiger partial charge in [0.1, 0.15) is 11.4 Å². The van der Waals surface area contributed by atoms with Crippen molar-refractivity contribution >= 4 is 24.2 Å². The normalized spacial score (nSPS) is 14.5. The van der Waals surface area contributed by atoms with Gasteiger partial charge in [0.15, 0.2) is 10.6 Å². The largest absolute Gasteiger partial charge is 0.497 e. The summed E-state index contributed by atoms with van der Waals surface area (Å²) in [7, 11) is 1.62. The van der Waals surface area contributed by atoms with Crippen LogP contribution in [0, 0.1) is 4.77 Å². The summed E-state index contributed by atoms with van der Waals surface area (Å²) < 4.78 is 12.9. The van der Waals surface area contributed by atoms with Gasteiger partial charge in [-0.2, -0.15) is 5.10 Å². The smallest absolute Gasteiger partial charge is 0.410 e. The van der Waals surface area contributed by atoms with E-state index in [2.05, 4.69) is 10.2 Å². The standard InChI is InChI=1S/C21H29N5O4S/c1-21(2,3)30-20(28)25-13-11-24(12-14-25)17(27)9-10-26-18(22-23-19(26)31)15-5-7-16(29-4)8-6-15/h5-8H,9-14H2,1-4H3,(H,23,31). The zero-order valence-electron chi connectivity index (χ0n) is 18.4. The lowest BCUT2D eigenvalue weighted by Gasteiger charge is -2.35. The van der Waals surface area contributed by atoms with Crippen LogP contribution in [0.3, 0.4) is 0 Å². The van der Waals surface area contributed by atoms with E-state index in [1.54, 1.807) is 16.9 Å². The minimum absolute atomic E-state index is 0.0209. The number of nitrogens with one attached hydrogen (secondary N) is 1. The molecule has 0 aliphatic carbocycles. The van der Waals surface area contributed by atoms with Crippen molar-refractivity contribution in [2.75, 3.05) is 33.3 Å². The molecule has 1 saturated heterocycles. The molecule has 1 aliphatic heterocycles. The Bertz CT molecular complexity index is 969. The molecule has 10 heteroatoms. The van der Waals surface area contributed by atoms with Gasteiger partial charge < -0.3 is 19.3 Å². The van der Waals surface area contributed by atoms with E-state index in [9.17, 15) is 9.59 Å². The second-order valence-electron chi connectivity index (χ2n) is 8.33. The number of carbonyl (C=O) groups excluding carboxylic acids is 2. The fraction of sp³-hybridized carbons (Fsp3) is 0.524. The number of aromatic amines is 1. The maximum atomic E-state index is 12.7. The van der Waals surface area contributed by atoms with E-state index in [1.165, 1.54) is 0 Å². The van der Waals surface area contributed by atoms with Crippen LogP contribution in [0.4, 0.5) is 4.79 Å². The van der Waals surface area contributed by atoms with Gasteiger partial charge in [-0.3, -0.25) is 14.5 Å². The Labute approximate surface area is 186 Å². The highest BCUT2D eigenvalue weighted by molar-refractivity contribution is 7.71. The molecule has 9 nitrogen and oxygen atoms in total. The summed E-state index contributed by atoms with van der Waals surface area (Å²) in [6.07, 6.45) is -0.0443. The zero-order chi connectivity index (χ0) is 22.6. The predicted octanol–water partition coefficient (Wildman–Crippen LogP) is 3.09. The molecule has 0 unspecified atom stereocenters. The summed E-state index contributed by atoms with van der Waals surface area (Å²) in [5, 5.41) is 7.12. The van der Waals surface area contributed by atoms with E-state index in [-0.39, 0.29) is 12.0 Å². The average Bonchev–Trinajstić information content (AvgIpc) is 3.11. The number of rotatable bonds is 5. The van der Waals surface area contributed by atoms with Crippen molar-refractivity contribution in [1.82, 2.24) is 24.6 Å². The molecule has 0 radical (unpaired) electrons. The van der Waals surface area contributed by atoms with Crippen molar-refractivity contribution in [2.24, 2.45) is 0 Å². The molecule has 1 N–H and O–H groups in total. The fourth-order valence-electron chi connectivity index (χ4n) is 3.32. The first-order valence-electron chi connectivity index (χ1n) is 10.2. The van der Waals surface area contributed by atoms with E-state index in [0.717, 1.165) is 11.3 Å². The van der Waals surface area contributed by atoms with Gasteiger partial charge >= 0.3 is 6.09 Å². The molecule has 168 valence electrons. The maximum absolute atomic E-state index is 12.7. The first kappa shape index (κ1) is 22.8. The van der Waals surface area contributed by atoms with Gasteiger partial charge in [0.2, 0.25) is 5.91 Å². The number of carbonyl (C=O) groups is 2. The lowest BCUT2D eigenvalue weighted by Crippen LogP contribution is -2.51. The van der Waals surface area contributed by atoms with Crippen molar-refractivity contribution in [3.8, 4) is 17.1 Å². The minimum Gasteiger partial charge on any atom is -0.497 e. The van der Waals surface area contributed by atoms with Crippen LogP contribution in [0.1, 0.15) is 27.2 Å². The molecule has 2 aromatic rings. The third kappa shape index (κ3) is 5.84. The van der Waals surface area contributed by atoms with Gasteiger partial charge in [-0.25, -0.2) is 4.79 Å². The first-order valence-corrected chi connectivity index (χ1v) is 10.6. The molecule has 1 aliphatic rings. The number of piperazine rings is 1. The van der Waals surface area contributed by atoms with Crippen LogP contribution in [0.2, 0.25) is 0 Å². The van der Waals surface area contributed by atoms with Crippen LogP contribution in [-0.2, 0) is 16.1 Å². The Balaban J connectivity index is 1.57. The molecular weight excluding hydrogens is 418 g/mol. The molecule has 2 heterocycles. The molecule has 0 bridgehead atoms.